The molecule has 0 unspecified atom stereocenters. The van der Waals surface area contributed by atoms with Crippen molar-refractivity contribution in [2.75, 3.05) is 6.61 Å². The van der Waals surface area contributed by atoms with Gasteiger partial charge in [0.25, 0.3) is 0 Å². The van der Waals surface area contributed by atoms with Crippen molar-refractivity contribution in [3.05, 3.63) is 59.2 Å². The Morgan fingerprint density at radius 1 is 1.10 bits per heavy atom. The van der Waals surface area contributed by atoms with Gasteiger partial charge < -0.3 is 14.9 Å². The molecule has 108 valence electrons. The molecule has 2 aromatic carbocycles. The zero-order chi connectivity index (χ0) is 15.2. The van der Waals surface area contributed by atoms with E-state index < -0.39 is 5.97 Å². The highest BCUT2D eigenvalue weighted by atomic mass is 16.5. The number of hydrogen-bond donors (Lipinski definition) is 2. The smallest absolute Gasteiger partial charge is 0.339 e. The van der Waals surface area contributed by atoms with Crippen LogP contribution in [-0.2, 0) is 0 Å². The summed E-state index contributed by atoms with van der Waals surface area (Å²) in [6, 6.07) is 11.8. The average Bonchev–Trinajstić information content (AvgIpc) is 2.47. The Balaban J connectivity index is 2.25. The van der Waals surface area contributed by atoms with Crippen molar-refractivity contribution < 1.29 is 19.7 Å². The molecule has 0 aromatic heterocycles. The lowest BCUT2D eigenvalue weighted by Gasteiger charge is -2.07. The van der Waals surface area contributed by atoms with Crippen LogP contribution in [0.15, 0.2) is 42.5 Å². The second-order valence-electron chi connectivity index (χ2n) is 4.42. The van der Waals surface area contributed by atoms with Gasteiger partial charge in [0.2, 0.25) is 0 Å². The Kier molecular flexibility index (Phi) is 4.61. The van der Waals surface area contributed by atoms with Gasteiger partial charge in [-0.3, -0.25) is 0 Å². The van der Waals surface area contributed by atoms with E-state index in [-0.39, 0.29) is 11.3 Å². The summed E-state index contributed by atoms with van der Waals surface area (Å²) in [5, 5.41) is 18.3. The number of rotatable bonds is 5. The summed E-state index contributed by atoms with van der Waals surface area (Å²) in [4.78, 5) is 11.1. The van der Waals surface area contributed by atoms with Crippen molar-refractivity contribution in [1.29, 1.82) is 0 Å². The molecule has 21 heavy (non-hydrogen) atoms. The van der Waals surface area contributed by atoms with Crippen LogP contribution in [0.1, 0.15) is 28.4 Å². The zero-order valence-electron chi connectivity index (χ0n) is 11.6. The van der Waals surface area contributed by atoms with Gasteiger partial charge in [0.15, 0.2) is 0 Å². The Morgan fingerprint density at radius 3 is 2.33 bits per heavy atom. The van der Waals surface area contributed by atoms with Gasteiger partial charge in [0.1, 0.15) is 17.1 Å². The minimum Gasteiger partial charge on any atom is -0.508 e. The second kappa shape index (κ2) is 6.61. The molecular formula is C17H16O4. The highest BCUT2D eigenvalue weighted by Gasteiger charge is 2.10. The van der Waals surface area contributed by atoms with E-state index in [2.05, 4.69) is 0 Å². The molecule has 0 spiro atoms. The number of carboxylic acids is 1. The maximum Gasteiger partial charge on any atom is 0.339 e. The van der Waals surface area contributed by atoms with E-state index in [9.17, 15) is 9.90 Å². The van der Waals surface area contributed by atoms with Crippen molar-refractivity contribution in [2.45, 2.75) is 6.92 Å². The predicted molar refractivity (Wildman–Crippen MR) is 81.6 cm³/mol. The first-order chi connectivity index (χ1) is 10.1. The molecule has 0 heterocycles. The van der Waals surface area contributed by atoms with Gasteiger partial charge in [-0.15, -0.1) is 0 Å². The number of hydrogen-bond acceptors (Lipinski definition) is 3. The van der Waals surface area contributed by atoms with Gasteiger partial charge in [-0.1, -0.05) is 30.4 Å². The molecule has 0 amide bonds. The lowest BCUT2D eigenvalue weighted by atomic mass is 10.1. The van der Waals surface area contributed by atoms with Crippen molar-refractivity contribution in [3.8, 4) is 11.5 Å². The Morgan fingerprint density at radius 2 is 1.71 bits per heavy atom. The average molecular weight is 284 g/mol. The van der Waals surface area contributed by atoms with E-state index in [1.807, 2.05) is 19.1 Å². The van der Waals surface area contributed by atoms with E-state index in [1.165, 1.54) is 6.07 Å². The topological polar surface area (TPSA) is 66.8 Å². The number of phenolic OH excluding ortho intramolecular Hbond substituents is 1. The first-order valence-electron chi connectivity index (χ1n) is 6.57. The number of carbonyl (C=O) groups is 1. The van der Waals surface area contributed by atoms with Crippen LogP contribution in [0.4, 0.5) is 0 Å². The highest BCUT2D eigenvalue weighted by molar-refractivity contribution is 5.91. The number of ether oxygens (including phenoxy) is 1. The minimum absolute atomic E-state index is 0.152. The summed E-state index contributed by atoms with van der Waals surface area (Å²) >= 11 is 0. The fourth-order valence-electron chi connectivity index (χ4n) is 1.87. The third-order valence-electron chi connectivity index (χ3n) is 2.90. The van der Waals surface area contributed by atoms with Crippen LogP contribution in [0.25, 0.3) is 12.2 Å². The summed E-state index contributed by atoms with van der Waals surface area (Å²) in [7, 11) is 0. The van der Waals surface area contributed by atoms with E-state index in [1.54, 1.807) is 36.4 Å². The van der Waals surface area contributed by atoms with Crippen molar-refractivity contribution in [1.82, 2.24) is 0 Å². The van der Waals surface area contributed by atoms with Crippen molar-refractivity contribution >= 4 is 18.1 Å². The maximum absolute atomic E-state index is 11.1. The summed E-state index contributed by atoms with van der Waals surface area (Å²) in [5.41, 5.74) is 1.93. The van der Waals surface area contributed by atoms with Crippen LogP contribution >= 0.6 is 0 Å². The molecule has 4 nitrogen and oxygen atoms in total. The number of carboxylic acid groups (broad SMARTS) is 1. The van der Waals surface area contributed by atoms with Gasteiger partial charge in [0, 0.05) is 0 Å². The number of benzene rings is 2. The van der Waals surface area contributed by atoms with Crippen LogP contribution in [0.5, 0.6) is 11.5 Å². The quantitative estimate of drug-likeness (QED) is 0.822. The Hall–Kier alpha value is -2.75. The van der Waals surface area contributed by atoms with Gasteiger partial charge >= 0.3 is 5.97 Å². The van der Waals surface area contributed by atoms with Gasteiger partial charge in [-0.2, -0.15) is 0 Å². The summed E-state index contributed by atoms with van der Waals surface area (Å²) < 4.78 is 5.36. The van der Waals surface area contributed by atoms with E-state index in [0.717, 1.165) is 11.1 Å². The van der Waals surface area contributed by atoms with Gasteiger partial charge in [-0.05, 0) is 42.3 Å². The van der Waals surface area contributed by atoms with Crippen LogP contribution in [0.3, 0.4) is 0 Å². The Labute approximate surface area is 122 Å². The van der Waals surface area contributed by atoms with Gasteiger partial charge in [0.05, 0.1) is 6.61 Å². The molecule has 2 N–H and O–H groups in total. The number of phenols is 1. The molecular weight excluding hydrogens is 268 g/mol. The fraction of sp³-hybridized carbons (Fsp3) is 0.118. The van der Waals surface area contributed by atoms with Crippen molar-refractivity contribution in [3.63, 3.8) is 0 Å². The number of aromatic carboxylic acids is 1. The fourth-order valence-corrected chi connectivity index (χ4v) is 1.87. The van der Waals surface area contributed by atoms with E-state index in [0.29, 0.717) is 12.4 Å². The molecule has 0 aliphatic carbocycles. The minimum atomic E-state index is -1.01. The highest BCUT2D eigenvalue weighted by Crippen LogP contribution is 2.22. The summed E-state index contributed by atoms with van der Waals surface area (Å²) in [5.74, 6) is -0.429. The molecule has 4 heteroatoms. The molecule has 0 radical (unpaired) electrons. The third-order valence-corrected chi connectivity index (χ3v) is 2.90. The van der Waals surface area contributed by atoms with E-state index >= 15 is 0 Å². The molecule has 2 aromatic rings. The first kappa shape index (κ1) is 14.7. The molecule has 0 atom stereocenters. The molecule has 2 rings (SSSR count). The van der Waals surface area contributed by atoms with Crippen molar-refractivity contribution in [2.24, 2.45) is 0 Å². The standard InChI is InChI=1S/C17H16O4/c1-2-21-16-11-13(7-10-15(16)17(19)20)4-3-12-5-8-14(18)9-6-12/h3-11,18H,2H2,1H3,(H,19,20)/b4-3+. The third kappa shape index (κ3) is 3.86. The second-order valence-corrected chi connectivity index (χ2v) is 4.42. The SMILES string of the molecule is CCOc1cc(/C=C/c2ccc(O)cc2)ccc1C(=O)O. The largest absolute Gasteiger partial charge is 0.508 e. The summed E-state index contributed by atoms with van der Waals surface area (Å²) in [6.45, 7) is 2.22. The molecule has 0 saturated carbocycles. The first-order valence-corrected chi connectivity index (χ1v) is 6.57. The molecule has 0 fully saturated rings. The summed E-state index contributed by atoms with van der Waals surface area (Å²) in [6.07, 6.45) is 3.74. The molecule has 0 aliphatic rings. The van der Waals surface area contributed by atoms with Crippen LogP contribution in [0, 0.1) is 0 Å². The van der Waals surface area contributed by atoms with Gasteiger partial charge in [-0.25, -0.2) is 4.79 Å². The Bertz CT molecular complexity index is 657. The number of aromatic hydroxyl groups is 1. The lowest BCUT2D eigenvalue weighted by Crippen LogP contribution is -2.02. The zero-order valence-corrected chi connectivity index (χ0v) is 11.6. The lowest BCUT2D eigenvalue weighted by molar-refractivity contribution is 0.0692. The maximum atomic E-state index is 11.1. The predicted octanol–water partition coefficient (Wildman–Crippen LogP) is 3.66. The van der Waals surface area contributed by atoms with E-state index in [4.69, 9.17) is 9.84 Å². The normalized spacial score (nSPS) is 10.7. The van der Waals surface area contributed by atoms with Crippen LogP contribution < -0.4 is 4.74 Å². The van der Waals surface area contributed by atoms with Crippen LogP contribution in [-0.4, -0.2) is 22.8 Å². The monoisotopic (exact) mass is 284 g/mol. The molecule has 0 aliphatic heterocycles. The molecule has 0 bridgehead atoms. The van der Waals surface area contributed by atoms with Crippen LogP contribution in [0.2, 0.25) is 0 Å². The molecule has 0 saturated heterocycles.